The fourth-order valence-corrected chi connectivity index (χ4v) is 1.50. The number of halogens is 1. The number of hydrogen-bond donors (Lipinski definition) is 0. The molecular weight excluding hydrogens is 304 g/mol. The molecule has 0 radical (unpaired) electrons. The lowest BCUT2D eigenvalue weighted by Crippen LogP contribution is -2.21. The third-order valence-corrected chi connectivity index (χ3v) is 3.85. The lowest BCUT2D eigenvalue weighted by Gasteiger charge is -2.18. The predicted molar refractivity (Wildman–Crippen MR) is 87.9 cm³/mol. The van der Waals surface area contributed by atoms with E-state index in [1.54, 1.807) is 0 Å². The van der Waals surface area contributed by atoms with Crippen molar-refractivity contribution < 1.29 is 4.74 Å². The zero-order chi connectivity index (χ0) is 14.7. The highest BCUT2D eigenvalue weighted by Crippen LogP contribution is 2.10. The van der Waals surface area contributed by atoms with Gasteiger partial charge in [0.1, 0.15) is 5.76 Å². The minimum Gasteiger partial charge on any atom is -0.496 e. The second kappa shape index (κ2) is 11.5. The van der Waals surface area contributed by atoms with E-state index in [4.69, 9.17) is 4.74 Å². The third-order valence-electron chi connectivity index (χ3n) is 3.09. The van der Waals surface area contributed by atoms with Crippen LogP contribution in [0.2, 0.25) is 0 Å². The van der Waals surface area contributed by atoms with E-state index in [1.807, 2.05) is 6.20 Å². The van der Waals surface area contributed by atoms with Gasteiger partial charge in [-0.25, -0.2) is 0 Å². The molecule has 19 heavy (non-hydrogen) atoms. The maximum Gasteiger partial charge on any atom is 0.114 e. The molecule has 0 saturated carbocycles. The molecule has 0 aromatic heterocycles. The van der Waals surface area contributed by atoms with Gasteiger partial charge in [-0.3, -0.25) is 4.99 Å². The molecule has 0 heterocycles. The lowest BCUT2D eigenvalue weighted by atomic mass is 10.1. The van der Waals surface area contributed by atoms with Crippen LogP contribution in [-0.4, -0.2) is 36.3 Å². The number of rotatable bonds is 10. The number of hydrogen-bond acceptors (Lipinski definition) is 3. The second-order valence-corrected chi connectivity index (χ2v) is 5.82. The van der Waals surface area contributed by atoms with Crippen molar-refractivity contribution in [1.82, 2.24) is 4.90 Å². The van der Waals surface area contributed by atoms with Gasteiger partial charge in [0.2, 0.25) is 0 Å². The fraction of sp³-hybridized carbons (Fsp3) is 0.800. The predicted octanol–water partition coefficient (Wildman–Crippen LogP) is 4.44. The van der Waals surface area contributed by atoms with Crippen molar-refractivity contribution in [2.24, 2.45) is 10.9 Å². The van der Waals surface area contributed by atoms with Crippen molar-refractivity contribution in [3.63, 3.8) is 0 Å². The van der Waals surface area contributed by atoms with Crippen molar-refractivity contribution in [2.75, 3.05) is 26.7 Å². The highest BCUT2D eigenvalue weighted by atomic mass is 79.9. The molecule has 0 rings (SSSR count). The Morgan fingerprint density at radius 2 is 2.00 bits per heavy atom. The standard InChI is InChI=1S/C15H29BrN2O/c1-6-14(11-17-15(16)7-2)19-12-13(4)9-10-18(5)8-3/h11,13H,6-10,12H2,1-5H3/b14-11+,17-15?. The van der Waals surface area contributed by atoms with Crippen LogP contribution in [0, 0.1) is 5.92 Å². The highest BCUT2D eigenvalue weighted by molar-refractivity contribution is 9.18. The van der Waals surface area contributed by atoms with Crippen LogP contribution in [0.3, 0.4) is 0 Å². The molecule has 3 nitrogen and oxygen atoms in total. The smallest absolute Gasteiger partial charge is 0.114 e. The molecule has 0 saturated heterocycles. The summed E-state index contributed by atoms with van der Waals surface area (Å²) in [6.45, 7) is 11.6. The summed E-state index contributed by atoms with van der Waals surface area (Å²) in [5.74, 6) is 1.53. The van der Waals surface area contributed by atoms with Crippen molar-refractivity contribution >= 4 is 20.6 Å². The normalized spacial score (nSPS) is 14.9. The zero-order valence-corrected chi connectivity index (χ0v) is 14.7. The first-order valence-electron chi connectivity index (χ1n) is 7.25. The summed E-state index contributed by atoms with van der Waals surface area (Å²) in [6.07, 6.45) is 4.80. The first-order valence-corrected chi connectivity index (χ1v) is 8.05. The molecule has 112 valence electrons. The molecule has 0 aliphatic carbocycles. The van der Waals surface area contributed by atoms with Crippen molar-refractivity contribution in [3.05, 3.63) is 12.0 Å². The van der Waals surface area contributed by atoms with Gasteiger partial charge < -0.3 is 9.64 Å². The Bertz CT molecular complexity index is 290. The van der Waals surface area contributed by atoms with Crippen LogP contribution in [0.1, 0.15) is 47.0 Å². The Balaban J connectivity index is 4.06. The van der Waals surface area contributed by atoms with Gasteiger partial charge in [-0.1, -0.05) is 27.7 Å². The van der Waals surface area contributed by atoms with Crippen LogP contribution in [0.5, 0.6) is 0 Å². The van der Waals surface area contributed by atoms with Crippen LogP contribution in [0.4, 0.5) is 0 Å². The van der Waals surface area contributed by atoms with Gasteiger partial charge in [-0.05, 0) is 54.8 Å². The molecule has 0 aromatic rings. The summed E-state index contributed by atoms with van der Waals surface area (Å²) < 4.78 is 6.79. The van der Waals surface area contributed by atoms with E-state index in [0.29, 0.717) is 5.92 Å². The summed E-state index contributed by atoms with van der Waals surface area (Å²) >= 11 is 3.41. The van der Waals surface area contributed by atoms with E-state index in [-0.39, 0.29) is 0 Å². The van der Waals surface area contributed by atoms with Crippen molar-refractivity contribution in [2.45, 2.75) is 47.0 Å². The van der Waals surface area contributed by atoms with E-state index in [9.17, 15) is 0 Å². The number of nitrogens with zero attached hydrogens (tertiary/aromatic N) is 2. The van der Waals surface area contributed by atoms with E-state index >= 15 is 0 Å². The topological polar surface area (TPSA) is 24.8 Å². The van der Waals surface area contributed by atoms with Crippen LogP contribution >= 0.6 is 15.9 Å². The van der Waals surface area contributed by atoms with E-state index < -0.39 is 0 Å². The summed E-state index contributed by atoms with van der Waals surface area (Å²) in [5, 5.41) is 0. The quantitative estimate of drug-likeness (QED) is 0.436. The maximum atomic E-state index is 5.83. The van der Waals surface area contributed by atoms with Gasteiger partial charge >= 0.3 is 0 Å². The van der Waals surface area contributed by atoms with Gasteiger partial charge in [-0.15, -0.1) is 0 Å². The molecule has 0 aliphatic rings. The summed E-state index contributed by atoms with van der Waals surface area (Å²) in [6, 6.07) is 0. The minimum atomic E-state index is 0.572. The molecule has 4 heteroatoms. The molecule has 0 N–H and O–H groups in total. The summed E-state index contributed by atoms with van der Waals surface area (Å²) in [7, 11) is 2.15. The SMILES string of the molecule is CCC(Br)=N/C=C(\CC)OCC(C)CCN(C)CC. The highest BCUT2D eigenvalue weighted by Gasteiger charge is 2.05. The molecule has 0 bridgehead atoms. The minimum absolute atomic E-state index is 0.572. The molecule has 0 aromatic carbocycles. The van der Waals surface area contributed by atoms with Gasteiger partial charge in [0.15, 0.2) is 0 Å². The van der Waals surface area contributed by atoms with Crippen molar-refractivity contribution in [3.8, 4) is 0 Å². The summed E-state index contributed by atoms with van der Waals surface area (Å²) in [4.78, 5) is 6.65. The molecular formula is C15H29BrN2O. The van der Waals surface area contributed by atoms with Crippen molar-refractivity contribution in [1.29, 1.82) is 0 Å². The van der Waals surface area contributed by atoms with E-state index in [2.05, 4.69) is 60.6 Å². The Hall–Kier alpha value is -0.350. The Morgan fingerprint density at radius 3 is 2.53 bits per heavy atom. The van der Waals surface area contributed by atoms with E-state index in [0.717, 1.165) is 42.9 Å². The van der Waals surface area contributed by atoms with Gasteiger partial charge in [0, 0.05) is 6.42 Å². The number of ether oxygens (including phenoxy) is 1. The number of aliphatic imine (C=N–C) groups is 1. The Morgan fingerprint density at radius 1 is 1.32 bits per heavy atom. The molecule has 1 atom stereocenters. The zero-order valence-electron chi connectivity index (χ0n) is 13.1. The molecule has 0 fully saturated rings. The Labute approximate surface area is 127 Å². The maximum absolute atomic E-state index is 5.83. The summed E-state index contributed by atoms with van der Waals surface area (Å²) in [5.41, 5.74) is 0. The van der Waals surface area contributed by atoms with Gasteiger partial charge in [0.25, 0.3) is 0 Å². The molecule has 0 amide bonds. The third kappa shape index (κ3) is 10.1. The monoisotopic (exact) mass is 332 g/mol. The average Bonchev–Trinajstić information content (AvgIpc) is 2.44. The van der Waals surface area contributed by atoms with E-state index in [1.165, 1.54) is 6.42 Å². The van der Waals surface area contributed by atoms with Crippen LogP contribution in [0.15, 0.2) is 17.0 Å². The Kier molecular flexibility index (Phi) is 11.3. The second-order valence-electron chi connectivity index (χ2n) is 4.91. The molecule has 0 aliphatic heterocycles. The lowest BCUT2D eigenvalue weighted by molar-refractivity contribution is 0.154. The first kappa shape index (κ1) is 18.7. The largest absolute Gasteiger partial charge is 0.496 e. The van der Waals surface area contributed by atoms with Crippen LogP contribution in [0.25, 0.3) is 0 Å². The van der Waals surface area contributed by atoms with Gasteiger partial charge in [0.05, 0.1) is 17.4 Å². The van der Waals surface area contributed by atoms with Crippen LogP contribution < -0.4 is 0 Å². The first-order chi connectivity index (χ1) is 9.03. The molecule has 1 unspecified atom stereocenters. The fourth-order valence-electron chi connectivity index (χ4n) is 1.40. The number of allylic oxidation sites excluding steroid dienone is 1. The van der Waals surface area contributed by atoms with Crippen LogP contribution in [-0.2, 0) is 4.74 Å². The van der Waals surface area contributed by atoms with Gasteiger partial charge in [-0.2, -0.15) is 0 Å². The molecule has 0 spiro atoms. The average molecular weight is 333 g/mol.